The second kappa shape index (κ2) is 6.59. The zero-order chi connectivity index (χ0) is 19.1. The van der Waals surface area contributed by atoms with Crippen molar-refractivity contribution in [1.82, 2.24) is 9.38 Å². The van der Waals surface area contributed by atoms with E-state index in [9.17, 15) is 14.0 Å². The number of hydrogen-bond donors (Lipinski definition) is 0. The van der Waals surface area contributed by atoms with Crippen molar-refractivity contribution in [3.63, 3.8) is 0 Å². The highest BCUT2D eigenvalue weighted by atomic mass is 32.1. The summed E-state index contributed by atoms with van der Waals surface area (Å²) >= 11 is 1.19. The molecule has 0 aliphatic carbocycles. The van der Waals surface area contributed by atoms with Crippen LogP contribution in [0.25, 0.3) is 15.7 Å². The van der Waals surface area contributed by atoms with Crippen LogP contribution in [0.5, 0.6) is 0 Å². The van der Waals surface area contributed by atoms with Crippen LogP contribution in [0.1, 0.15) is 26.6 Å². The maximum atomic E-state index is 14.0. The monoisotopic (exact) mass is 382 g/mol. The summed E-state index contributed by atoms with van der Waals surface area (Å²) < 4.78 is 21.5. The van der Waals surface area contributed by atoms with E-state index in [1.165, 1.54) is 27.9 Å². The molecule has 136 valence electrons. The number of rotatable bonds is 3. The lowest BCUT2D eigenvalue weighted by Gasteiger charge is -2.07. The number of nitrogens with zero attached hydrogens (tertiary/aromatic N) is 2. The first-order chi connectivity index (χ1) is 13.0. The fraction of sp³-hybridized carbons (Fsp3) is 0.150. The van der Waals surface area contributed by atoms with Gasteiger partial charge in [-0.05, 0) is 43.7 Å². The highest BCUT2D eigenvalue weighted by Crippen LogP contribution is 2.33. The molecular formula is C20H15FN2O3S. The number of carbonyl (C=O) groups is 1. The Labute approximate surface area is 157 Å². The Bertz CT molecular complexity index is 1260. The molecule has 1 aromatic carbocycles. The lowest BCUT2D eigenvalue weighted by atomic mass is 10.1. The van der Waals surface area contributed by atoms with Crippen LogP contribution in [0.2, 0.25) is 0 Å². The standard InChI is InChI=1S/C20H15FN2O3S/c1-11-5-3-8-16-22-13(9-17(24)23(11)16)10-26-20(25)19-12(2)18-14(21)6-4-7-15(18)27-19/h3-9H,10H2,1-2H3. The average molecular weight is 382 g/mol. The summed E-state index contributed by atoms with van der Waals surface area (Å²) in [7, 11) is 0. The van der Waals surface area contributed by atoms with E-state index in [0.29, 0.717) is 31.9 Å². The second-order valence-corrected chi connectivity index (χ2v) is 7.24. The van der Waals surface area contributed by atoms with Crippen molar-refractivity contribution in [1.29, 1.82) is 0 Å². The van der Waals surface area contributed by atoms with Gasteiger partial charge in [-0.15, -0.1) is 11.3 Å². The molecule has 0 bridgehead atoms. The number of ether oxygens (including phenoxy) is 1. The van der Waals surface area contributed by atoms with Gasteiger partial charge in [0, 0.05) is 21.8 Å². The number of aromatic nitrogens is 2. The molecular weight excluding hydrogens is 367 g/mol. The quantitative estimate of drug-likeness (QED) is 0.502. The Morgan fingerprint density at radius 2 is 2.00 bits per heavy atom. The third-order valence-electron chi connectivity index (χ3n) is 4.37. The summed E-state index contributed by atoms with van der Waals surface area (Å²) in [6, 6.07) is 11.4. The fourth-order valence-corrected chi connectivity index (χ4v) is 4.21. The van der Waals surface area contributed by atoms with Crippen LogP contribution in [0.4, 0.5) is 4.39 Å². The number of carbonyl (C=O) groups excluding carboxylic acids is 1. The maximum absolute atomic E-state index is 14.0. The molecule has 4 aromatic rings. The zero-order valence-corrected chi connectivity index (χ0v) is 15.5. The number of hydrogen-bond acceptors (Lipinski definition) is 5. The van der Waals surface area contributed by atoms with Crippen LogP contribution in [-0.4, -0.2) is 15.4 Å². The SMILES string of the molecule is Cc1c(C(=O)OCc2cc(=O)n3c(C)cccc3n2)sc2cccc(F)c12. The molecule has 3 aromatic heterocycles. The number of pyridine rings is 1. The van der Waals surface area contributed by atoms with Gasteiger partial charge in [0.2, 0.25) is 0 Å². The molecule has 0 atom stereocenters. The summed E-state index contributed by atoms with van der Waals surface area (Å²) in [5.74, 6) is -0.917. The third-order valence-corrected chi connectivity index (χ3v) is 5.61. The van der Waals surface area contributed by atoms with Crippen LogP contribution < -0.4 is 5.56 Å². The minimum Gasteiger partial charge on any atom is -0.455 e. The molecule has 4 rings (SSSR count). The molecule has 0 aliphatic rings. The Hall–Kier alpha value is -3.06. The Kier molecular flexibility index (Phi) is 4.24. The first-order valence-electron chi connectivity index (χ1n) is 8.29. The average Bonchev–Trinajstić information content (AvgIpc) is 2.97. The largest absolute Gasteiger partial charge is 0.455 e. The summed E-state index contributed by atoms with van der Waals surface area (Å²) in [5.41, 5.74) is 1.96. The van der Waals surface area contributed by atoms with E-state index in [-0.39, 0.29) is 18.0 Å². The number of halogens is 1. The molecule has 0 spiro atoms. The molecule has 0 aliphatic heterocycles. The lowest BCUT2D eigenvalue weighted by molar-refractivity contribution is 0.0473. The lowest BCUT2D eigenvalue weighted by Crippen LogP contribution is -2.18. The smallest absolute Gasteiger partial charge is 0.349 e. The van der Waals surface area contributed by atoms with E-state index in [2.05, 4.69) is 4.98 Å². The minimum atomic E-state index is -0.556. The van der Waals surface area contributed by atoms with E-state index in [1.54, 1.807) is 25.1 Å². The van der Waals surface area contributed by atoms with Gasteiger partial charge in [-0.1, -0.05) is 12.1 Å². The van der Waals surface area contributed by atoms with Crippen molar-refractivity contribution in [3.05, 3.63) is 80.5 Å². The summed E-state index contributed by atoms with van der Waals surface area (Å²) in [4.78, 5) is 29.5. The topological polar surface area (TPSA) is 60.7 Å². The number of aryl methyl sites for hydroxylation is 2. The minimum absolute atomic E-state index is 0.130. The van der Waals surface area contributed by atoms with Crippen LogP contribution in [0.15, 0.2) is 47.3 Å². The van der Waals surface area contributed by atoms with Gasteiger partial charge in [0.1, 0.15) is 22.9 Å². The molecule has 27 heavy (non-hydrogen) atoms. The summed E-state index contributed by atoms with van der Waals surface area (Å²) in [5, 5.41) is 0.437. The number of fused-ring (bicyclic) bond motifs is 2. The predicted octanol–water partition coefficient (Wildman–Crippen LogP) is 4.02. The molecule has 0 saturated heterocycles. The van der Waals surface area contributed by atoms with Gasteiger partial charge in [-0.3, -0.25) is 9.20 Å². The first kappa shape index (κ1) is 17.4. The van der Waals surface area contributed by atoms with Crippen molar-refractivity contribution in [2.45, 2.75) is 20.5 Å². The van der Waals surface area contributed by atoms with Crippen molar-refractivity contribution < 1.29 is 13.9 Å². The number of thiophene rings is 1. The van der Waals surface area contributed by atoms with E-state index >= 15 is 0 Å². The van der Waals surface area contributed by atoms with Gasteiger partial charge in [0.25, 0.3) is 5.56 Å². The Morgan fingerprint density at radius 1 is 1.22 bits per heavy atom. The molecule has 0 unspecified atom stereocenters. The van der Waals surface area contributed by atoms with Crippen LogP contribution in [-0.2, 0) is 11.3 Å². The van der Waals surface area contributed by atoms with Crippen LogP contribution in [0.3, 0.4) is 0 Å². The third kappa shape index (κ3) is 3.00. The molecule has 0 fully saturated rings. The van der Waals surface area contributed by atoms with E-state index in [4.69, 9.17) is 4.74 Å². The van der Waals surface area contributed by atoms with Crippen molar-refractivity contribution >= 4 is 33.0 Å². The zero-order valence-electron chi connectivity index (χ0n) is 14.7. The van der Waals surface area contributed by atoms with E-state index < -0.39 is 5.97 Å². The molecule has 0 radical (unpaired) electrons. The van der Waals surface area contributed by atoms with Crippen LogP contribution in [0, 0.1) is 19.7 Å². The summed E-state index contributed by atoms with van der Waals surface area (Å²) in [6.45, 7) is 3.38. The number of benzene rings is 1. The maximum Gasteiger partial charge on any atom is 0.349 e. The highest BCUT2D eigenvalue weighted by molar-refractivity contribution is 7.21. The van der Waals surface area contributed by atoms with Gasteiger partial charge >= 0.3 is 5.97 Å². The highest BCUT2D eigenvalue weighted by Gasteiger charge is 2.19. The van der Waals surface area contributed by atoms with Crippen molar-refractivity contribution in [2.75, 3.05) is 0 Å². The van der Waals surface area contributed by atoms with Gasteiger partial charge < -0.3 is 4.74 Å². The molecule has 3 heterocycles. The molecule has 0 saturated carbocycles. The molecule has 0 N–H and O–H groups in total. The van der Waals surface area contributed by atoms with E-state index in [1.807, 2.05) is 19.1 Å². The fourth-order valence-electron chi connectivity index (χ4n) is 3.09. The van der Waals surface area contributed by atoms with Gasteiger partial charge in [-0.25, -0.2) is 14.2 Å². The molecule has 0 amide bonds. The van der Waals surface area contributed by atoms with Crippen molar-refractivity contribution in [2.24, 2.45) is 0 Å². The number of esters is 1. The summed E-state index contributed by atoms with van der Waals surface area (Å²) in [6.07, 6.45) is 0. The molecule has 5 nitrogen and oxygen atoms in total. The predicted molar refractivity (Wildman–Crippen MR) is 102 cm³/mol. The normalized spacial score (nSPS) is 11.2. The second-order valence-electron chi connectivity index (χ2n) is 6.19. The van der Waals surface area contributed by atoms with Gasteiger partial charge in [0.05, 0.1) is 5.69 Å². The van der Waals surface area contributed by atoms with Crippen LogP contribution >= 0.6 is 11.3 Å². The Balaban J connectivity index is 1.62. The van der Waals surface area contributed by atoms with E-state index in [0.717, 1.165) is 5.69 Å². The Morgan fingerprint density at radius 3 is 2.78 bits per heavy atom. The van der Waals surface area contributed by atoms with Gasteiger partial charge in [0.15, 0.2) is 0 Å². The molecule has 7 heteroatoms. The first-order valence-corrected chi connectivity index (χ1v) is 9.10. The van der Waals surface area contributed by atoms with Gasteiger partial charge in [-0.2, -0.15) is 0 Å². The van der Waals surface area contributed by atoms with Crippen molar-refractivity contribution in [3.8, 4) is 0 Å².